The van der Waals surface area contributed by atoms with E-state index in [-0.39, 0.29) is 5.91 Å². The molecule has 5 heteroatoms. The third-order valence-corrected chi connectivity index (χ3v) is 6.62. The van der Waals surface area contributed by atoms with E-state index >= 15 is 0 Å². The molecule has 0 bridgehead atoms. The number of nitrogens with one attached hydrogen (secondary N) is 1. The van der Waals surface area contributed by atoms with Crippen LogP contribution in [0, 0.1) is 5.92 Å². The van der Waals surface area contributed by atoms with Crippen LogP contribution in [0.15, 0.2) is 24.3 Å². The Kier molecular flexibility index (Phi) is 5.98. The van der Waals surface area contributed by atoms with Gasteiger partial charge in [-0.15, -0.1) is 0 Å². The molecular formula is C22H33N3O2. The maximum atomic E-state index is 12.4. The zero-order valence-corrected chi connectivity index (χ0v) is 16.5. The van der Waals surface area contributed by atoms with Crippen molar-refractivity contribution in [1.82, 2.24) is 10.2 Å². The van der Waals surface area contributed by atoms with E-state index in [1.54, 1.807) is 0 Å². The second kappa shape index (κ2) is 8.61. The maximum absolute atomic E-state index is 12.4. The fraction of sp³-hybridized carbons (Fsp3) is 0.682. The van der Waals surface area contributed by atoms with Crippen molar-refractivity contribution in [2.24, 2.45) is 5.92 Å². The van der Waals surface area contributed by atoms with Gasteiger partial charge >= 0.3 is 0 Å². The molecule has 3 aliphatic rings. The Morgan fingerprint density at radius 1 is 1.11 bits per heavy atom. The topological polar surface area (TPSA) is 44.8 Å². The summed E-state index contributed by atoms with van der Waals surface area (Å²) in [6, 6.07) is 9.58. The summed E-state index contributed by atoms with van der Waals surface area (Å²) in [5.74, 6) is 0.592. The first-order valence-electron chi connectivity index (χ1n) is 10.7. The number of likely N-dealkylation sites (tertiary alicyclic amines) is 1. The van der Waals surface area contributed by atoms with E-state index in [2.05, 4.69) is 34.2 Å². The van der Waals surface area contributed by atoms with Gasteiger partial charge in [0, 0.05) is 56.2 Å². The minimum absolute atomic E-state index is 0.0400. The van der Waals surface area contributed by atoms with Gasteiger partial charge in [0.25, 0.3) is 5.91 Å². The number of rotatable bonds is 5. The molecular weight excluding hydrogens is 338 g/mol. The Bertz CT molecular complexity index is 627. The Hall–Kier alpha value is -1.59. The van der Waals surface area contributed by atoms with Gasteiger partial charge < -0.3 is 15.0 Å². The van der Waals surface area contributed by atoms with Crippen molar-refractivity contribution in [3.63, 3.8) is 0 Å². The number of anilines is 1. The highest BCUT2D eigenvalue weighted by Gasteiger charge is 2.32. The van der Waals surface area contributed by atoms with E-state index in [0.717, 1.165) is 57.3 Å². The third kappa shape index (κ3) is 4.46. The molecule has 3 aliphatic heterocycles. The number of hydrogen-bond acceptors (Lipinski definition) is 4. The minimum Gasteiger partial charge on any atom is -0.381 e. The van der Waals surface area contributed by atoms with Crippen LogP contribution < -0.4 is 10.2 Å². The smallest absolute Gasteiger partial charge is 0.251 e. The number of nitrogens with zero attached hydrogens (tertiary/aromatic N) is 2. The molecule has 4 rings (SSSR count). The number of hydrogen-bond donors (Lipinski definition) is 1. The lowest BCUT2D eigenvalue weighted by Crippen LogP contribution is -2.39. The highest BCUT2D eigenvalue weighted by Crippen LogP contribution is 2.28. The fourth-order valence-electron chi connectivity index (χ4n) is 4.86. The quantitative estimate of drug-likeness (QED) is 0.864. The van der Waals surface area contributed by atoms with Crippen LogP contribution in [0.2, 0.25) is 0 Å². The molecule has 2 unspecified atom stereocenters. The molecule has 1 N–H and O–H groups in total. The molecule has 1 aromatic carbocycles. The first-order chi connectivity index (χ1) is 13.2. The Morgan fingerprint density at radius 2 is 1.89 bits per heavy atom. The predicted molar refractivity (Wildman–Crippen MR) is 108 cm³/mol. The van der Waals surface area contributed by atoms with E-state index in [1.165, 1.54) is 31.5 Å². The number of carbonyl (C=O) groups excluding carboxylic acids is 1. The van der Waals surface area contributed by atoms with Gasteiger partial charge in [-0.1, -0.05) is 0 Å². The van der Waals surface area contributed by atoms with Crippen molar-refractivity contribution in [2.75, 3.05) is 44.3 Å². The standard InChI is InChI=1S/C22H33N3O2/c1-17-3-2-11-25(17)21-8-12-24(16-21)20-6-4-19(5-7-20)22(26)23-15-18-9-13-27-14-10-18/h4-7,17-18,21H,2-3,8-16H2,1H3,(H,23,26). The average Bonchev–Trinajstić information content (AvgIpc) is 3.36. The van der Waals surface area contributed by atoms with Crippen molar-refractivity contribution in [2.45, 2.75) is 51.1 Å². The van der Waals surface area contributed by atoms with Crippen molar-refractivity contribution in [1.29, 1.82) is 0 Å². The number of benzene rings is 1. The zero-order chi connectivity index (χ0) is 18.6. The van der Waals surface area contributed by atoms with Crippen LogP contribution in [0.25, 0.3) is 0 Å². The molecule has 0 aliphatic carbocycles. The molecule has 0 aromatic heterocycles. The SMILES string of the molecule is CC1CCCN1C1CCN(c2ccc(C(=O)NCC3CCOCC3)cc2)C1. The summed E-state index contributed by atoms with van der Waals surface area (Å²) >= 11 is 0. The largest absolute Gasteiger partial charge is 0.381 e. The first-order valence-corrected chi connectivity index (χ1v) is 10.7. The molecule has 3 saturated heterocycles. The predicted octanol–water partition coefficient (Wildman–Crippen LogP) is 2.91. The highest BCUT2D eigenvalue weighted by molar-refractivity contribution is 5.94. The van der Waals surface area contributed by atoms with E-state index in [4.69, 9.17) is 4.74 Å². The molecule has 5 nitrogen and oxygen atoms in total. The maximum Gasteiger partial charge on any atom is 0.251 e. The molecule has 0 radical (unpaired) electrons. The van der Waals surface area contributed by atoms with Crippen LogP contribution >= 0.6 is 0 Å². The Balaban J connectivity index is 1.29. The summed E-state index contributed by atoms with van der Waals surface area (Å²) in [6.07, 6.45) is 6.02. The van der Waals surface area contributed by atoms with Gasteiger partial charge in [-0.3, -0.25) is 9.69 Å². The Labute approximate surface area is 163 Å². The highest BCUT2D eigenvalue weighted by atomic mass is 16.5. The summed E-state index contributed by atoms with van der Waals surface area (Å²) in [5, 5.41) is 3.09. The van der Waals surface area contributed by atoms with E-state index in [9.17, 15) is 4.79 Å². The number of ether oxygens (including phenoxy) is 1. The van der Waals surface area contributed by atoms with Crippen molar-refractivity contribution < 1.29 is 9.53 Å². The summed E-state index contributed by atoms with van der Waals surface area (Å²) in [6.45, 7) is 8.24. The molecule has 0 spiro atoms. The van der Waals surface area contributed by atoms with Gasteiger partial charge in [-0.2, -0.15) is 0 Å². The summed E-state index contributed by atoms with van der Waals surface area (Å²) < 4.78 is 5.38. The van der Waals surface area contributed by atoms with Gasteiger partial charge in [-0.25, -0.2) is 0 Å². The van der Waals surface area contributed by atoms with Crippen LogP contribution in [-0.2, 0) is 4.74 Å². The number of amides is 1. The average molecular weight is 372 g/mol. The van der Waals surface area contributed by atoms with Crippen molar-refractivity contribution in [3.05, 3.63) is 29.8 Å². The lowest BCUT2D eigenvalue weighted by molar-refractivity contribution is 0.0642. The van der Waals surface area contributed by atoms with Crippen molar-refractivity contribution >= 4 is 11.6 Å². The van der Waals surface area contributed by atoms with Gasteiger partial charge in [0.2, 0.25) is 0 Å². The number of carbonyl (C=O) groups is 1. The van der Waals surface area contributed by atoms with E-state index in [1.807, 2.05) is 12.1 Å². The lowest BCUT2D eigenvalue weighted by Gasteiger charge is -2.28. The monoisotopic (exact) mass is 371 g/mol. The molecule has 27 heavy (non-hydrogen) atoms. The molecule has 3 heterocycles. The van der Waals surface area contributed by atoms with E-state index in [0.29, 0.717) is 12.0 Å². The van der Waals surface area contributed by atoms with Crippen LogP contribution in [0.3, 0.4) is 0 Å². The minimum atomic E-state index is 0.0400. The Morgan fingerprint density at radius 3 is 2.59 bits per heavy atom. The molecule has 1 aromatic rings. The van der Waals surface area contributed by atoms with Crippen LogP contribution in [-0.4, -0.2) is 62.3 Å². The first kappa shape index (κ1) is 18.8. The second-order valence-electron chi connectivity index (χ2n) is 8.43. The third-order valence-electron chi connectivity index (χ3n) is 6.62. The summed E-state index contributed by atoms with van der Waals surface area (Å²) in [5.41, 5.74) is 2.00. The second-order valence-corrected chi connectivity index (χ2v) is 8.43. The van der Waals surface area contributed by atoms with E-state index < -0.39 is 0 Å². The van der Waals surface area contributed by atoms with Crippen LogP contribution in [0.4, 0.5) is 5.69 Å². The summed E-state index contributed by atoms with van der Waals surface area (Å²) in [4.78, 5) is 17.6. The lowest BCUT2D eigenvalue weighted by atomic mass is 10.0. The molecule has 3 fully saturated rings. The van der Waals surface area contributed by atoms with Gasteiger partial charge in [0.15, 0.2) is 0 Å². The van der Waals surface area contributed by atoms with Crippen LogP contribution in [0.5, 0.6) is 0 Å². The van der Waals surface area contributed by atoms with Gasteiger partial charge in [0.05, 0.1) is 0 Å². The molecule has 1 amide bonds. The van der Waals surface area contributed by atoms with Gasteiger partial charge in [-0.05, 0) is 75.8 Å². The fourth-order valence-corrected chi connectivity index (χ4v) is 4.86. The van der Waals surface area contributed by atoms with Gasteiger partial charge in [0.1, 0.15) is 0 Å². The summed E-state index contributed by atoms with van der Waals surface area (Å²) in [7, 11) is 0. The molecule has 148 valence electrons. The molecule has 0 saturated carbocycles. The van der Waals surface area contributed by atoms with Crippen LogP contribution in [0.1, 0.15) is 49.4 Å². The normalized spacial score (nSPS) is 27.2. The molecule has 2 atom stereocenters. The van der Waals surface area contributed by atoms with Crippen molar-refractivity contribution in [3.8, 4) is 0 Å². The zero-order valence-electron chi connectivity index (χ0n) is 16.5.